The zero-order valence-corrected chi connectivity index (χ0v) is 13.1. The van der Waals surface area contributed by atoms with Crippen LogP contribution in [0.3, 0.4) is 0 Å². The van der Waals surface area contributed by atoms with E-state index in [0.29, 0.717) is 6.54 Å². The fourth-order valence-electron chi connectivity index (χ4n) is 1.98. The number of hydrogen-bond acceptors (Lipinski definition) is 3. The maximum Gasteiger partial charge on any atom is 0.125 e. The minimum absolute atomic E-state index is 0.569. The van der Waals surface area contributed by atoms with Crippen molar-refractivity contribution in [1.82, 2.24) is 4.98 Å². The smallest absolute Gasteiger partial charge is 0.125 e. The van der Waals surface area contributed by atoms with E-state index in [4.69, 9.17) is 10.7 Å². The number of nitrogens with two attached hydrogens (primary N) is 1. The summed E-state index contributed by atoms with van der Waals surface area (Å²) in [5.41, 5.74) is 10.0. The fourth-order valence-corrected chi connectivity index (χ4v) is 3.45. The second kappa shape index (κ2) is 5.87. The second-order valence-corrected chi connectivity index (χ2v) is 6.13. The number of halogens is 1. The third kappa shape index (κ3) is 2.68. The molecular weight excluding hydrogens is 332 g/mol. The van der Waals surface area contributed by atoms with Crippen LogP contribution in [0, 0.1) is 0 Å². The van der Waals surface area contributed by atoms with Crippen LogP contribution >= 0.6 is 27.3 Å². The molecule has 2 N–H and O–H groups in total. The van der Waals surface area contributed by atoms with E-state index in [1.165, 1.54) is 0 Å². The van der Waals surface area contributed by atoms with Crippen molar-refractivity contribution in [1.29, 1.82) is 0 Å². The van der Waals surface area contributed by atoms with Crippen molar-refractivity contribution in [2.75, 3.05) is 0 Å². The van der Waals surface area contributed by atoms with E-state index >= 15 is 0 Å². The number of hydrogen-bond donors (Lipinski definition) is 1. The van der Waals surface area contributed by atoms with E-state index in [9.17, 15) is 0 Å². The van der Waals surface area contributed by atoms with Crippen molar-refractivity contribution in [3.63, 3.8) is 0 Å². The largest absolute Gasteiger partial charge is 0.326 e. The molecule has 100 valence electrons. The van der Waals surface area contributed by atoms with Crippen LogP contribution < -0.4 is 5.73 Å². The quantitative estimate of drug-likeness (QED) is 0.747. The molecule has 0 spiro atoms. The van der Waals surface area contributed by atoms with Gasteiger partial charge in [0, 0.05) is 27.5 Å². The molecule has 3 rings (SSSR count). The highest BCUT2D eigenvalue weighted by Gasteiger charge is 2.08. The van der Waals surface area contributed by atoms with Crippen LogP contribution in [0.4, 0.5) is 0 Å². The van der Waals surface area contributed by atoms with Crippen molar-refractivity contribution in [2.45, 2.75) is 6.54 Å². The Bertz CT molecular complexity index is 719. The number of rotatable bonds is 3. The van der Waals surface area contributed by atoms with E-state index < -0.39 is 0 Å². The molecule has 2 aromatic carbocycles. The van der Waals surface area contributed by atoms with Crippen molar-refractivity contribution >= 4 is 27.3 Å². The van der Waals surface area contributed by atoms with Gasteiger partial charge in [0.2, 0.25) is 0 Å². The van der Waals surface area contributed by atoms with Gasteiger partial charge in [-0.25, -0.2) is 4.98 Å². The Kier molecular flexibility index (Phi) is 3.96. The summed E-state index contributed by atoms with van der Waals surface area (Å²) >= 11 is 5.23. The molecule has 0 unspecified atom stereocenters. The van der Waals surface area contributed by atoms with Gasteiger partial charge in [-0.2, -0.15) is 0 Å². The molecule has 0 aliphatic rings. The summed E-state index contributed by atoms with van der Waals surface area (Å²) in [5.74, 6) is 0. The number of aromatic nitrogens is 1. The number of benzene rings is 2. The number of nitrogens with zero attached hydrogens (tertiary/aromatic N) is 1. The third-order valence-corrected chi connectivity index (χ3v) is 4.66. The summed E-state index contributed by atoms with van der Waals surface area (Å²) in [4.78, 5) is 4.72. The second-order valence-electron chi connectivity index (χ2n) is 4.42. The van der Waals surface area contributed by atoms with Crippen molar-refractivity contribution in [3.05, 3.63) is 63.9 Å². The average Bonchev–Trinajstić information content (AvgIpc) is 2.97. The maximum atomic E-state index is 5.62. The molecule has 0 atom stereocenters. The van der Waals surface area contributed by atoms with Gasteiger partial charge >= 0.3 is 0 Å². The molecule has 1 heterocycles. The van der Waals surface area contributed by atoms with Gasteiger partial charge in [0.05, 0.1) is 5.69 Å². The Morgan fingerprint density at radius 2 is 1.80 bits per heavy atom. The van der Waals surface area contributed by atoms with Crippen LogP contribution in [0.15, 0.2) is 58.4 Å². The number of thiazole rings is 1. The Balaban J connectivity index is 1.95. The molecule has 0 bridgehead atoms. The molecule has 1 aromatic heterocycles. The molecular formula is C16H13BrN2S. The van der Waals surface area contributed by atoms with Crippen LogP contribution in [0.1, 0.15) is 5.56 Å². The molecule has 2 nitrogen and oxygen atoms in total. The minimum atomic E-state index is 0.569. The zero-order chi connectivity index (χ0) is 13.9. The van der Waals surface area contributed by atoms with Gasteiger partial charge in [0.25, 0.3) is 0 Å². The van der Waals surface area contributed by atoms with Gasteiger partial charge in [-0.3, -0.25) is 0 Å². The van der Waals surface area contributed by atoms with Crippen LogP contribution in [0.2, 0.25) is 0 Å². The minimum Gasteiger partial charge on any atom is -0.326 e. The molecule has 0 radical (unpaired) electrons. The van der Waals surface area contributed by atoms with E-state index in [1.54, 1.807) is 11.3 Å². The molecule has 4 heteroatoms. The lowest BCUT2D eigenvalue weighted by molar-refractivity contribution is 1.07. The average molecular weight is 345 g/mol. The predicted octanol–water partition coefficient (Wildman–Crippen LogP) is 4.70. The van der Waals surface area contributed by atoms with Crippen molar-refractivity contribution in [3.8, 4) is 21.8 Å². The van der Waals surface area contributed by atoms with Gasteiger partial charge < -0.3 is 5.73 Å². The lowest BCUT2D eigenvalue weighted by atomic mass is 10.1. The Morgan fingerprint density at radius 3 is 2.50 bits per heavy atom. The Labute approximate surface area is 130 Å². The van der Waals surface area contributed by atoms with Gasteiger partial charge in [-0.05, 0) is 11.6 Å². The summed E-state index contributed by atoms with van der Waals surface area (Å²) in [7, 11) is 0. The van der Waals surface area contributed by atoms with Gasteiger partial charge in [0.1, 0.15) is 5.01 Å². The zero-order valence-electron chi connectivity index (χ0n) is 10.7. The first kappa shape index (κ1) is 13.5. The van der Waals surface area contributed by atoms with Crippen LogP contribution in [0.25, 0.3) is 21.8 Å². The van der Waals surface area contributed by atoms with E-state index in [0.717, 1.165) is 31.9 Å². The topological polar surface area (TPSA) is 38.9 Å². The first-order valence-electron chi connectivity index (χ1n) is 6.28. The van der Waals surface area contributed by atoms with E-state index in [-0.39, 0.29) is 0 Å². The Morgan fingerprint density at radius 1 is 1.05 bits per heavy atom. The summed E-state index contributed by atoms with van der Waals surface area (Å²) < 4.78 is 1.07. The lowest BCUT2D eigenvalue weighted by Gasteiger charge is -2.00. The fraction of sp³-hybridized carbons (Fsp3) is 0.0625. The van der Waals surface area contributed by atoms with Crippen LogP contribution in [-0.4, -0.2) is 4.98 Å². The van der Waals surface area contributed by atoms with Crippen LogP contribution in [-0.2, 0) is 6.54 Å². The van der Waals surface area contributed by atoms with E-state index in [2.05, 4.69) is 39.5 Å². The lowest BCUT2D eigenvalue weighted by Crippen LogP contribution is -1.95. The van der Waals surface area contributed by atoms with Gasteiger partial charge in [-0.15, -0.1) is 11.3 Å². The van der Waals surface area contributed by atoms with E-state index in [1.807, 2.05) is 30.3 Å². The highest BCUT2D eigenvalue weighted by Crippen LogP contribution is 2.33. The Hall–Kier alpha value is -1.49. The van der Waals surface area contributed by atoms with Crippen molar-refractivity contribution < 1.29 is 0 Å². The first-order valence-corrected chi connectivity index (χ1v) is 7.95. The molecule has 0 saturated carbocycles. The van der Waals surface area contributed by atoms with Gasteiger partial charge in [0.15, 0.2) is 0 Å². The first-order chi connectivity index (χ1) is 9.78. The summed E-state index contributed by atoms with van der Waals surface area (Å²) in [6.45, 7) is 0.569. The highest BCUT2D eigenvalue weighted by atomic mass is 79.9. The standard InChI is InChI=1S/C16H13BrN2S/c17-14-4-2-1-3-13(14)16-19-15(10-20-16)12-7-5-11(9-18)6-8-12/h1-8,10H,9,18H2. The summed E-state index contributed by atoms with van der Waals surface area (Å²) in [5, 5.41) is 3.11. The van der Waals surface area contributed by atoms with Gasteiger partial charge in [-0.1, -0.05) is 58.4 Å². The normalized spacial score (nSPS) is 10.7. The molecule has 0 saturated heterocycles. The maximum absolute atomic E-state index is 5.62. The molecule has 0 fully saturated rings. The molecule has 0 aliphatic heterocycles. The molecule has 0 amide bonds. The summed E-state index contributed by atoms with van der Waals surface area (Å²) in [6.07, 6.45) is 0. The SMILES string of the molecule is NCc1ccc(-c2csc(-c3ccccc3Br)n2)cc1. The molecule has 3 aromatic rings. The molecule has 20 heavy (non-hydrogen) atoms. The summed E-state index contributed by atoms with van der Waals surface area (Å²) in [6, 6.07) is 16.4. The third-order valence-electron chi connectivity index (χ3n) is 3.09. The predicted molar refractivity (Wildman–Crippen MR) is 88.6 cm³/mol. The highest BCUT2D eigenvalue weighted by molar-refractivity contribution is 9.10. The van der Waals surface area contributed by atoms with Crippen molar-refractivity contribution in [2.24, 2.45) is 5.73 Å². The molecule has 0 aliphatic carbocycles. The van der Waals surface area contributed by atoms with Crippen LogP contribution in [0.5, 0.6) is 0 Å². The monoisotopic (exact) mass is 344 g/mol.